The van der Waals surface area contributed by atoms with Crippen LogP contribution in [0.3, 0.4) is 0 Å². The van der Waals surface area contributed by atoms with Gasteiger partial charge in [0.2, 0.25) is 5.95 Å². The van der Waals surface area contributed by atoms with E-state index in [-0.39, 0.29) is 0 Å². The Bertz CT molecular complexity index is 4080. The number of furan rings is 2. The van der Waals surface area contributed by atoms with Crippen molar-refractivity contribution in [2.75, 3.05) is 0 Å². The van der Waals surface area contributed by atoms with E-state index in [1.807, 2.05) is 59.9 Å². The molecule has 0 spiro atoms. The second-order valence-electron chi connectivity index (χ2n) is 16.6. The number of benzene rings is 9. The Hall–Kier alpha value is -8.13. The molecule has 0 N–H and O–H groups in total. The van der Waals surface area contributed by atoms with Gasteiger partial charge in [-0.15, -0.1) is 11.3 Å². The summed E-state index contributed by atoms with van der Waals surface area (Å²) in [7, 11) is 0. The molecule has 0 aliphatic rings. The summed E-state index contributed by atoms with van der Waals surface area (Å²) in [5, 5.41) is 11.4. The normalized spacial score (nSPS) is 11.9. The molecular formula is C58H38N4O2S. The average molecular weight is 855 g/mol. The summed E-state index contributed by atoms with van der Waals surface area (Å²) in [5.74, 6) is 1.59. The number of aromatic nitrogens is 4. The van der Waals surface area contributed by atoms with E-state index in [0.717, 1.165) is 82.4 Å². The van der Waals surface area contributed by atoms with Crippen LogP contribution in [0.15, 0.2) is 191 Å². The summed E-state index contributed by atoms with van der Waals surface area (Å²) in [6.45, 7) is 4.25. The fourth-order valence-electron chi connectivity index (χ4n) is 9.71. The smallest absolute Gasteiger partial charge is 0.238 e. The maximum Gasteiger partial charge on any atom is 0.238 e. The number of hydrogen-bond donors (Lipinski definition) is 0. The third-order valence-corrected chi connectivity index (χ3v) is 13.6. The van der Waals surface area contributed by atoms with Crippen molar-refractivity contribution in [3.63, 3.8) is 0 Å². The predicted molar refractivity (Wildman–Crippen MR) is 271 cm³/mol. The maximum atomic E-state index is 6.40. The van der Waals surface area contributed by atoms with Crippen LogP contribution >= 0.6 is 11.3 Å². The first-order chi connectivity index (χ1) is 32.1. The van der Waals surface area contributed by atoms with Gasteiger partial charge in [0.1, 0.15) is 22.3 Å². The molecule has 14 rings (SSSR count). The largest absolute Gasteiger partial charge is 0.456 e. The van der Waals surface area contributed by atoms with Crippen LogP contribution in [0.2, 0.25) is 0 Å². The molecule has 308 valence electrons. The highest BCUT2D eigenvalue weighted by molar-refractivity contribution is 7.25. The molecule has 0 saturated carbocycles. The molecule has 0 saturated heterocycles. The van der Waals surface area contributed by atoms with Crippen LogP contribution in [0.25, 0.3) is 136 Å². The zero-order chi connectivity index (χ0) is 43.2. The molecule has 7 heteroatoms. The summed E-state index contributed by atoms with van der Waals surface area (Å²) in [6, 6.07) is 63.8. The van der Waals surface area contributed by atoms with E-state index in [1.54, 1.807) is 0 Å². The van der Waals surface area contributed by atoms with E-state index in [0.29, 0.717) is 17.6 Å². The predicted octanol–water partition coefficient (Wildman–Crippen LogP) is 16.7. The SMILES string of the molecule is CCC.c1ccc2c(c1)ccc1c2c2cccc(-c3cccc4sc5ccccc5c34)c2n1-c1nc(-c2ccc3c(c2)oc2ccccc23)nc(-c2ccc3c(c2)oc2ccccc23)n1. The summed E-state index contributed by atoms with van der Waals surface area (Å²) in [5.41, 5.74) is 9.20. The Morgan fingerprint density at radius 3 is 1.66 bits per heavy atom. The summed E-state index contributed by atoms with van der Waals surface area (Å²) < 4.78 is 17.6. The molecular weight excluding hydrogens is 817 g/mol. The standard InChI is InChI=1S/C55H30N4O2S.C3H8/c1-2-12-34-31(11-1)25-28-43-50(34)42-18-9-17-40(39-16-10-22-49-51(39)41-15-5-8-21-48(41)62-49)52(42)59(43)55-57-53(32-23-26-37-35-13-3-6-19-44(35)60-46(37)29-32)56-54(58-55)33-24-27-38-36-14-4-7-20-45(36)61-47(38)30-33;1-3-2/h1-30H;3H2,1-2H3. The molecule has 0 amide bonds. The molecule has 65 heavy (non-hydrogen) atoms. The Kier molecular flexibility index (Phi) is 8.48. The second kappa shape index (κ2) is 14.7. The molecule has 9 aromatic carbocycles. The number of para-hydroxylation sites is 3. The van der Waals surface area contributed by atoms with Crippen LogP contribution in [0.4, 0.5) is 0 Å². The van der Waals surface area contributed by atoms with Gasteiger partial charge in [0.25, 0.3) is 0 Å². The van der Waals surface area contributed by atoms with Crippen molar-refractivity contribution < 1.29 is 8.83 Å². The molecule has 5 heterocycles. The number of thiophene rings is 1. The average Bonchev–Trinajstić information content (AvgIpc) is 4.12. The molecule has 0 unspecified atom stereocenters. The van der Waals surface area contributed by atoms with E-state index < -0.39 is 0 Å². The van der Waals surface area contributed by atoms with Gasteiger partial charge in [0, 0.05) is 69.2 Å². The molecule has 5 aromatic heterocycles. The van der Waals surface area contributed by atoms with Gasteiger partial charge in [-0.1, -0.05) is 148 Å². The summed E-state index contributed by atoms with van der Waals surface area (Å²) in [6.07, 6.45) is 1.25. The highest BCUT2D eigenvalue weighted by Crippen LogP contribution is 2.46. The molecule has 6 nitrogen and oxygen atoms in total. The first kappa shape index (κ1) is 37.4. The van der Waals surface area contributed by atoms with Crippen molar-refractivity contribution in [1.82, 2.24) is 19.5 Å². The van der Waals surface area contributed by atoms with Crippen LogP contribution < -0.4 is 0 Å². The minimum absolute atomic E-state index is 0.518. The van der Waals surface area contributed by atoms with Crippen molar-refractivity contribution in [2.24, 2.45) is 0 Å². The summed E-state index contributed by atoms with van der Waals surface area (Å²) >= 11 is 1.83. The number of rotatable bonds is 4. The van der Waals surface area contributed by atoms with Crippen molar-refractivity contribution in [3.05, 3.63) is 182 Å². The maximum absolute atomic E-state index is 6.40. The fraction of sp³-hybridized carbons (Fsp3) is 0.0517. The Morgan fingerprint density at radius 2 is 0.969 bits per heavy atom. The lowest BCUT2D eigenvalue weighted by Gasteiger charge is -2.14. The van der Waals surface area contributed by atoms with Crippen LogP contribution in [-0.2, 0) is 0 Å². The molecule has 0 bridgehead atoms. The van der Waals surface area contributed by atoms with E-state index in [1.165, 1.54) is 42.9 Å². The Morgan fingerprint density at radius 1 is 0.431 bits per heavy atom. The topological polar surface area (TPSA) is 69.9 Å². The third kappa shape index (κ3) is 5.82. The monoisotopic (exact) mass is 854 g/mol. The van der Waals surface area contributed by atoms with Gasteiger partial charge in [-0.3, -0.25) is 4.57 Å². The first-order valence-electron chi connectivity index (χ1n) is 22.1. The Labute approximate surface area is 376 Å². The molecule has 0 fully saturated rings. The summed E-state index contributed by atoms with van der Waals surface area (Å²) in [4.78, 5) is 16.1. The van der Waals surface area contributed by atoms with E-state index >= 15 is 0 Å². The lowest BCUT2D eigenvalue weighted by molar-refractivity contribution is 0.668. The highest BCUT2D eigenvalue weighted by atomic mass is 32.1. The first-order valence-corrected chi connectivity index (χ1v) is 22.9. The van der Waals surface area contributed by atoms with Crippen LogP contribution in [0, 0.1) is 0 Å². The molecule has 0 aliphatic heterocycles. The van der Waals surface area contributed by atoms with Gasteiger partial charge in [-0.05, 0) is 70.9 Å². The van der Waals surface area contributed by atoms with Crippen molar-refractivity contribution in [1.29, 1.82) is 0 Å². The van der Waals surface area contributed by atoms with Gasteiger partial charge < -0.3 is 8.83 Å². The van der Waals surface area contributed by atoms with E-state index in [9.17, 15) is 0 Å². The number of nitrogens with zero attached hydrogens (tertiary/aromatic N) is 4. The van der Waals surface area contributed by atoms with Gasteiger partial charge in [-0.25, -0.2) is 4.98 Å². The Balaban J connectivity index is 0.00000138. The minimum atomic E-state index is 0.518. The van der Waals surface area contributed by atoms with Gasteiger partial charge in [0.15, 0.2) is 11.6 Å². The van der Waals surface area contributed by atoms with Gasteiger partial charge in [-0.2, -0.15) is 9.97 Å². The lowest BCUT2D eigenvalue weighted by Crippen LogP contribution is -2.07. The van der Waals surface area contributed by atoms with Gasteiger partial charge >= 0.3 is 0 Å². The van der Waals surface area contributed by atoms with Crippen LogP contribution in [0.5, 0.6) is 0 Å². The van der Waals surface area contributed by atoms with Crippen molar-refractivity contribution >= 4 is 108 Å². The highest BCUT2D eigenvalue weighted by Gasteiger charge is 2.24. The van der Waals surface area contributed by atoms with E-state index in [2.05, 4.69) is 152 Å². The number of fused-ring (bicyclic) bond motifs is 14. The number of hydrogen-bond acceptors (Lipinski definition) is 6. The van der Waals surface area contributed by atoms with Crippen molar-refractivity contribution in [3.8, 4) is 39.9 Å². The second-order valence-corrected chi connectivity index (χ2v) is 17.7. The van der Waals surface area contributed by atoms with E-state index in [4.69, 9.17) is 23.8 Å². The zero-order valence-corrected chi connectivity index (χ0v) is 36.4. The van der Waals surface area contributed by atoms with Crippen LogP contribution in [0.1, 0.15) is 20.3 Å². The quantitative estimate of drug-likeness (QED) is 0.176. The van der Waals surface area contributed by atoms with Gasteiger partial charge in [0.05, 0.1) is 11.0 Å². The molecule has 14 aromatic rings. The molecule has 0 atom stereocenters. The minimum Gasteiger partial charge on any atom is -0.456 e. The van der Waals surface area contributed by atoms with Crippen LogP contribution in [-0.4, -0.2) is 19.5 Å². The fourth-order valence-corrected chi connectivity index (χ4v) is 10.8. The molecule has 0 radical (unpaired) electrons. The van der Waals surface area contributed by atoms with Crippen molar-refractivity contribution in [2.45, 2.75) is 20.3 Å². The zero-order valence-electron chi connectivity index (χ0n) is 35.5. The molecule has 0 aliphatic carbocycles. The lowest BCUT2D eigenvalue weighted by atomic mass is 9.96. The third-order valence-electron chi connectivity index (χ3n) is 12.5.